The second-order valence-electron chi connectivity index (χ2n) is 6.15. The van der Waals surface area contributed by atoms with Crippen molar-refractivity contribution >= 4 is 15.9 Å². The molecule has 1 amide bonds. The fourth-order valence-electron chi connectivity index (χ4n) is 2.80. The zero-order valence-electron chi connectivity index (χ0n) is 13.1. The summed E-state index contributed by atoms with van der Waals surface area (Å²) in [6.07, 6.45) is 2.08. The van der Waals surface area contributed by atoms with Crippen molar-refractivity contribution in [1.29, 1.82) is 0 Å². The standard InChI is InChI=1S/C16H23N3O3S/c20-16(14-6-7-14)19-12-10-18(11-13-19)9-8-17-23(21,22)15-4-2-1-3-5-15/h1-5,14,17H,6-13H2. The molecule has 0 unspecified atom stereocenters. The van der Waals surface area contributed by atoms with E-state index in [0.717, 1.165) is 39.0 Å². The Balaban J connectivity index is 1.41. The lowest BCUT2D eigenvalue weighted by Gasteiger charge is -2.34. The zero-order valence-corrected chi connectivity index (χ0v) is 14.0. The highest BCUT2D eigenvalue weighted by molar-refractivity contribution is 7.89. The molecule has 1 heterocycles. The average molecular weight is 337 g/mol. The van der Waals surface area contributed by atoms with Gasteiger partial charge in [-0.25, -0.2) is 13.1 Å². The van der Waals surface area contributed by atoms with Gasteiger partial charge < -0.3 is 4.90 Å². The summed E-state index contributed by atoms with van der Waals surface area (Å²) < 4.78 is 26.9. The largest absolute Gasteiger partial charge is 0.340 e. The Morgan fingerprint density at radius 1 is 1.09 bits per heavy atom. The highest BCUT2D eigenvalue weighted by atomic mass is 32.2. The van der Waals surface area contributed by atoms with Gasteiger partial charge in [0.1, 0.15) is 0 Å². The van der Waals surface area contributed by atoms with Crippen LogP contribution in [-0.2, 0) is 14.8 Å². The summed E-state index contributed by atoms with van der Waals surface area (Å²) in [6, 6.07) is 8.39. The summed E-state index contributed by atoms with van der Waals surface area (Å²) in [5, 5.41) is 0. The molecule has 1 aromatic carbocycles. The summed E-state index contributed by atoms with van der Waals surface area (Å²) in [5.41, 5.74) is 0. The summed E-state index contributed by atoms with van der Waals surface area (Å²) in [4.78, 5) is 16.4. The van der Waals surface area contributed by atoms with Crippen molar-refractivity contribution in [2.24, 2.45) is 5.92 Å². The minimum Gasteiger partial charge on any atom is -0.340 e. The molecule has 1 aliphatic heterocycles. The van der Waals surface area contributed by atoms with E-state index in [1.54, 1.807) is 30.3 Å². The van der Waals surface area contributed by atoms with E-state index in [-0.39, 0.29) is 5.92 Å². The lowest BCUT2D eigenvalue weighted by atomic mass is 10.2. The van der Waals surface area contributed by atoms with E-state index in [1.165, 1.54) is 0 Å². The first-order valence-corrected chi connectivity index (χ1v) is 9.60. The van der Waals surface area contributed by atoms with Gasteiger partial charge >= 0.3 is 0 Å². The van der Waals surface area contributed by atoms with Crippen LogP contribution in [0.1, 0.15) is 12.8 Å². The Morgan fingerprint density at radius 2 is 1.74 bits per heavy atom. The van der Waals surface area contributed by atoms with Crippen LogP contribution in [0.3, 0.4) is 0 Å². The Labute approximate surface area is 137 Å². The van der Waals surface area contributed by atoms with Crippen LogP contribution in [0.15, 0.2) is 35.2 Å². The molecule has 0 atom stereocenters. The van der Waals surface area contributed by atoms with E-state index < -0.39 is 10.0 Å². The predicted molar refractivity (Wildman–Crippen MR) is 87.4 cm³/mol. The van der Waals surface area contributed by atoms with Crippen LogP contribution in [0.5, 0.6) is 0 Å². The zero-order chi connectivity index (χ0) is 16.3. The van der Waals surface area contributed by atoms with Gasteiger partial charge in [0.25, 0.3) is 0 Å². The van der Waals surface area contributed by atoms with Crippen molar-refractivity contribution < 1.29 is 13.2 Å². The van der Waals surface area contributed by atoms with Crippen LogP contribution in [0.4, 0.5) is 0 Å². The van der Waals surface area contributed by atoms with Crippen LogP contribution in [-0.4, -0.2) is 63.4 Å². The number of rotatable bonds is 6. The van der Waals surface area contributed by atoms with Crippen molar-refractivity contribution in [3.8, 4) is 0 Å². The van der Waals surface area contributed by atoms with Gasteiger partial charge in [0.2, 0.25) is 15.9 Å². The fraction of sp³-hybridized carbons (Fsp3) is 0.562. The first-order valence-electron chi connectivity index (χ1n) is 8.12. The molecule has 23 heavy (non-hydrogen) atoms. The number of hydrogen-bond donors (Lipinski definition) is 1. The van der Waals surface area contributed by atoms with Crippen molar-refractivity contribution in [2.75, 3.05) is 39.3 Å². The molecule has 1 saturated heterocycles. The quantitative estimate of drug-likeness (QED) is 0.822. The Hall–Kier alpha value is -1.44. The highest BCUT2D eigenvalue weighted by Crippen LogP contribution is 2.31. The number of sulfonamides is 1. The van der Waals surface area contributed by atoms with Gasteiger partial charge in [-0.1, -0.05) is 18.2 Å². The van der Waals surface area contributed by atoms with Gasteiger partial charge in [-0.05, 0) is 25.0 Å². The third-order valence-corrected chi connectivity index (χ3v) is 5.86. The molecule has 126 valence electrons. The van der Waals surface area contributed by atoms with Crippen molar-refractivity contribution in [2.45, 2.75) is 17.7 Å². The van der Waals surface area contributed by atoms with Gasteiger partial charge in [-0.3, -0.25) is 9.69 Å². The maximum atomic E-state index is 12.1. The van der Waals surface area contributed by atoms with Gasteiger partial charge in [-0.2, -0.15) is 0 Å². The number of carbonyl (C=O) groups is 1. The minimum atomic E-state index is -3.43. The maximum Gasteiger partial charge on any atom is 0.240 e. The molecule has 1 aliphatic carbocycles. The molecule has 0 spiro atoms. The van der Waals surface area contributed by atoms with Crippen LogP contribution in [0, 0.1) is 5.92 Å². The molecule has 0 aromatic heterocycles. The van der Waals surface area contributed by atoms with Gasteiger partial charge in [0.15, 0.2) is 0 Å². The summed E-state index contributed by atoms with van der Waals surface area (Å²) in [6.45, 7) is 4.17. The average Bonchev–Trinajstić information content (AvgIpc) is 3.40. The van der Waals surface area contributed by atoms with E-state index in [4.69, 9.17) is 0 Å². The molecule has 2 fully saturated rings. The molecule has 1 N–H and O–H groups in total. The number of carbonyl (C=O) groups excluding carboxylic acids is 1. The fourth-order valence-corrected chi connectivity index (χ4v) is 3.84. The van der Waals surface area contributed by atoms with Crippen LogP contribution < -0.4 is 4.72 Å². The smallest absolute Gasteiger partial charge is 0.240 e. The van der Waals surface area contributed by atoms with E-state index in [1.807, 2.05) is 4.90 Å². The molecule has 1 saturated carbocycles. The maximum absolute atomic E-state index is 12.1. The number of nitrogens with zero attached hydrogens (tertiary/aromatic N) is 2. The topological polar surface area (TPSA) is 69.7 Å². The molecule has 7 heteroatoms. The lowest BCUT2D eigenvalue weighted by Crippen LogP contribution is -2.50. The first kappa shape index (κ1) is 16.4. The van der Waals surface area contributed by atoms with E-state index >= 15 is 0 Å². The van der Waals surface area contributed by atoms with Gasteiger partial charge in [0, 0.05) is 45.2 Å². The summed E-state index contributed by atoms with van der Waals surface area (Å²) in [7, 11) is -3.43. The molecule has 2 aliphatic rings. The Bertz CT molecular complexity index is 636. The third-order valence-electron chi connectivity index (χ3n) is 4.38. The van der Waals surface area contributed by atoms with Gasteiger partial charge in [0.05, 0.1) is 4.90 Å². The molecule has 0 bridgehead atoms. The Kier molecular flexibility index (Phi) is 4.99. The van der Waals surface area contributed by atoms with Crippen LogP contribution in [0.2, 0.25) is 0 Å². The molecular formula is C16H23N3O3S. The van der Waals surface area contributed by atoms with Crippen molar-refractivity contribution in [3.05, 3.63) is 30.3 Å². The van der Waals surface area contributed by atoms with E-state index in [0.29, 0.717) is 23.9 Å². The number of nitrogens with one attached hydrogen (secondary N) is 1. The second-order valence-corrected chi connectivity index (χ2v) is 7.92. The molecule has 0 radical (unpaired) electrons. The normalized spacial score (nSPS) is 19.7. The van der Waals surface area contributed by atoms with E-state index in [9.17, 15) is 13.2 Å². The predicted octanol–water partition coefficient (Wildman–Crippen LogP) is 0.519. The SMILES string of the molecule is O=C(C1CC1)N1CCN(CCNS(=O)(=O)c2ccccc2)CC1. The number of benzene rings is 1. The van der Waals surface area contributed by atoms with E-state index in [2.05, 4.69) is 9.62 Å². The molecular weight excluding hydrogens is 314 g/mol. The number of amides is 1. The van der Waals surface area contributed by atoms with Crippen LogP contribution >= 0.6 is 0 Å². The minimum absolute atomic E-state index is 0.277. The molecule has 6 nitrogen and oxygen atoms in total. The summed E-state index contributed by atoms with van der Waals surface area (Å²) >= 11 is 0. The monoisotopic (exact) mass is 337 g/mol. The second kappa shape index (κ2) is 6.98. The van der Waals surface area contributed by atoms with Gasteiger partial charge in [-0.15, -0.1) is 0 Å². The third kappa shape index (κ3) is 4.31. The van der Waals surface area contributed by atoms with Crippen molar-refractivity contribution in [3.63, 3.8) is 0 Å². The molecule has 3 rings (SSSR count). The number of hydrogen-bond acceptors (Lipinski definition) is 4. The lowest BCUT2D eigenvalue weighted by molar-refractivity contribution is -0.134. The number of piperazine rings is 1. The highest BCUT2D eigenvalue weighted by Gasteiger charge is 2.34. The molecule has 1 aromatic rings. The van der Waals surface area contributed by atoms with Crippen LogP contribution in [0.25, 0.3) is 0 Å². The summed E-state index contributed by atoms with van der Waals surface area (Å²) in [5.74, 6) is 0.577. The van der Waals surface area contributed by atoms with Crippen molar-refractivity contribution in [1.82, 2.24) is 14.5 Å². The Morgan fingerprint density at radius 3 is 2.35 bits per heavy atom. The first-order chi connectivity index (χ1) is 11.1.